The average Bonchev–Trinajstić information content (AvgIpc) is 2.16. The minimum Gasteiger partial charge on any atom is -0.324 e. The van der Waals surface area contributed by atoms with Crippen LogP contribution < -0.4 is 5.32 Å². The van der Waals surface area contributed by atoms with Crippen molar-refractivity contribution in [1.82, 2.24) is 4.98 Å². The zero-order valence-electron chi connectivity index (χ0n) is 9.07. The highest BCUT2D eigenvalue weighted by molar-refractivity contribution is 6.03. The van der Waals surface area contributed by atoms with Gasteiger partial charge in [-0.25, -0.2) is 0 Å². The number of carbonyl (C=O) groups is 2. The van der Waals surface area contributed by atoms with Crippen LogP contribution >= 0.6 is 0 Å². The number of amides is 1. The summed E-state index contributed by atoms with van der Waals surface area (Å²) in [5.41, 5.74) is 0.798. The molecule has 80 valence electrons. The molecule has 0 radical (unpaired) electrons. The number of carbonyl (C=O) groups excluding carboxylic acids is 2. The van der Waals surface area contributed by atoms with Crippen molar-refractivity contribution in [1.29, 1.82) is 0 Å². The first-order valence-corrected chi connectivity index (χ1v) is 4.79. The molecule has 1 aromatic rings. The van der Waals surface area contributed by atoms with Gasteiger partial charge in [-0.1, -0.05) is 13.8 Å². The molecule has 1 rings (SSSR count). The molecule has 4 heteroatoms. The third-order valence-electron chi connectivity index (χ3n) is 1.88. The van der Waals surface area contributed by atoms with Gasteiger partial charge in [0.05, 0.1) is 5.69 Å². The van der Waals surface area contributed by atoms with Gasteiger partial charge in [0.25, 0.3) is 0 Å². The molecule has 15 heavy (non-hydrogen) atoms. The number of hydrogen-bond donors (Lipinski definition) is 1. The van der Waals surface area contributed by atoms with Crippen LogP contribution in [0.4, 0.5) is 5.69 Å². The lowest BCUT2D eigenvalue weighted by molar-refractivity contribution is -0.114. The van der Waals surface area contributed by atoms with Gasteiger partial charge in [0.2, 0.25) is 5.91 Å². The molecule has 4 nitrogen and oxygen atoms in total. The van der Waals surface area contributed by atoms with Gasteiger partial charge in [0.15, 0.2) is 5.78 Å². The number of rotatable bonds is 3. The van der Waals surface area contributed by atoms with E-state index in [-0.39, 0.29) is 17.6 Å². The highest BCUT2D eigenvalue weighted by Gasteiger charge is 2.16. The second-order valence-electron chi connectivity index (χ2n) is 3.60. The molecule has 0 aliphatic rings. The predicted molar refractivity (Wildman–Crippen MR) is 57.7 cm³/mol. The van der Waals surface area contributed by atoms with Crippen LogP contribution in [0.3, 0.4) is 0 Å². The fraction of sp³-hybridized carbons (Fsp3) is 0.364. The summed E-state index contributed by atoms with van der Waals surface area (Å²) in [5.74, 6) is -0.410. The van der Waals surface area contributed by atoms with Crippen molar-refractivity contribution >= 4 is 17.4 Å². The number of nitrogens with zero attached hydrogens (tertiary/aromatic N) is 1. The number of nitrogens with one attached hydrogen (secondary N) is 1. The minimum atomic E-state index is -0.208. The van der Waals surface area contributed by atoms with E-state index in [0.717, 1.165) is 0 Å². The van der Waals surface area contributed by atoms with Gasteiger partial charge in [0, 0.05) is 19.0 Å². The highest BCUT2D eigenvalue weighted by Crippen LogP contribution is 2.16. The van der Waals surface area contributed by atoms with Gasteiger partial charge in [-0.15, -0.1) is 0 Å². The lowest BCUT2D eigenvalue weighted by Crippen LogP contribution is -2.15. The Bertz CT molecular complexity index is 386. The molecule has 1 heterocycles. The van der Waals surface area contributed by atoms with Gasteiger partial charge < -0.3 is 5.32 Å². The summed E-state index contributed by atoms with van der Waals surface area (Å²) in [6.07, 6.45) is 1.54. The Kier molecular flexibility index (Phi) is 3.55. The van der Waals surface area contributed by atoms with Crippen LogP contribution in [0.1, 0.15) is 31.3 Å². The van der Waals surface area contributed by atoms with Gasteiger partial charge >= 0.3 is 0 Å². The van der Waals surface area contributed by atoms with E-state index in [4.69, 9.17) is 0 Å². The molecule has 0 atom stereocenters. The van der Waals surface area contributed by atoms with E-state index >= 15 is 0 Å². The molecule has 0 saturated heterocycles. The monoisotopic (exact) mass is 206 g/mol. The molecule has 0 bridgehead atoms. The van der Waals surface area contributed by atoms with Crippen LogP contribution in [0, 0.1) is 5.92 Å². The number of Topliss-reactive ketones (excluding diaryl/α,β-unsaturated/α-hetero) is 1. The third kappa shape index (κ3) is 2.87. The van der Waals surface area contributed by atoms with E-state index in [0.29, 0.717) is 11.4 Å². The van der Waals surface area contributed by atoms with Crippen molar-refractivity contribution in [2.45, 2.75) is 20.8 Å². The van der Waals surface area contributed by atoms with E-state index in [9.17, 15) is 9.59 Å². The molecule has 0 unspecified atom stereocenters. The average molecular weight is 206 g/mol. The topological polar surface area (TPSA) is 59.1 Å². The Morgan fingerprint density at radius 3 is 2.60 bits per heavy atom. The molecule has 0 fully saturated rings. The van der Waals surface area contributed by atoms with Crippen LogP contribution in [0.15, 0.2) is 18.3 Å². The summed E-state index contributed by atoms with van der Waals surface area (Å²) in [4.78, 5) is 26.6. The molecule has 0 aromatic carbocycles. The zero-order valence-corrected chi connectivity index (χ0v) is 9.07. The van der Waals surface area contributed by atoms with E-state index in [1.807, 2.05) is 0 Å². The SMILES string of the molecule is CC(=O)Nc1cccnc1C(=O)C(C)C. The number of pyridine rings is 1. The van der Waals surface area contributed by atoms with Crippen LogP contribution in [0.5, 0.6) is 0 Å². The van der Waals surface area contributed by atoms with Crippen LogP contribution in [0.2, 0.25) is 0 Å². The summed E-state index contributed by atoms with van der Waals surface area (Å²) in [6.45, 7) is 5.00. The van der Waals surface area contributed by atoms with Crippen molar-refractivity contribution in [3.05, 3.63) is 24.0 Å². The van der Waals surface area contributed by atoms with Crippen molar-refractivity contribution in [3.63, 3.8) is 0 Å². The Morgan fingerprint density at radius 1 is 1.40 bits per heavy atom. The molecular weight excluding hydrogens is 192 g/mol. The third-order valence-corrected chi connectivity index (χ3v) is 1.88. The quantitative estimate of drug-likeness (QED) is 0.768. The Morgan fingerprint density at radius 2 is 2.07 bits per heavy atom. The first-order chi connectivity index (χ1) is 7.02. The maximum atomic E-state index is 11.7. The van der Waals surface area contributed by atoms with Gasteiger partial charge in [-0.05, 0) is 12.1 Å². The summed E-state index contributed by atoms with van der Waals surface area (Å²) in [7, 11) is 0. The lowest BCUT2D eigenvalue weighted by Gasteiger charge is -2.09. The van der Waals surface area contributed by atoms with E-state index in [1.54, 1.807) is 32.2 Å². The van der Waals surface area contributed by atoms with Crippen LogP contribution in [0.25, 0.3) is 0 Å². The first-order valence-electron chi connectivity index (χ1n) is 4.79. The zero-order chi connectivity index (χ0) is 11.4. The standard InChI is InChI=1S/C11H14N2O2/c1-7(2)11(15)10-9(13-8(3)14)5-4-6-12-10/h4-7H,1-3H3,(H,13,14). The number of anilines is 1. The molecule has 1 N–H and O–H groups in total. The first kappa shape index (κ1) is 11.4. The summed E-state index contributed by atoms with van der Waals surface area (Å²) in [6, 6.07) is 3.35. The normalized spacial score (nSPS) is 10.1. The van der Waals surface area contributed by atoms with Crippen LogP contribution in [-0.2, 0) is 4.79 Å². The van der Waals surface area contributed by atoms with Crippen molar-refractivity contribution < 1.29 is 9.59 Å². The van der Waals surface area contributed by atoms with Crippen molar-refractivity contribution in [2.24, 2.45) is 5.92 Å². The summed E-state index contributed by atoms with van der Waals surface area (Å²) in [5, 5.41) is 2.59. The van der Waals surface area contributed by atoms with Gasteiger partial charge in [-0.2, -0.15) is 0 Å². The van der Waals surface area contributed by atoms with E-state index < -0.39 is 0 Å². The Labute approximate surface area is 88.7 Å². The fourth-order valence-electron chi connectivity index (χ4n) is 1.17. The smallest absolute Gasteiger partial charge is 0.221 e. The Hall–Kier alpha value is -1.71. The number of ketones is 1. The molecule has 0 aliphatic heterocycles. The fourth-order valence-corrected chi connectivity index (χ4v) is 1.17. The van der Waals surface area contributed by atoms with Gasteiger partial charge in [0.1, 0.15) is 5.69 Å². The maximum absolute atomic E-state index is 11.7. The highest BCUT2D eigenvalue weighted by atomic mass is 16.1. The lowest BCUT2D eigenvalue weighted by atomic mass is 10.0. The molecule has 0 saturated carbocycles. The second-order valence-corrected chi connectivity index (χ2v) is 3.60. The van der Waals surface area contributed by atoms with Gasteiger partial charge in [-0.3, -0.25) is 14.6 Å². The van der Waals surface area contributed by atoms with E-state index in [2.05, 4.69) is 10.3 Å². The van der Waals surface area contributed by atoms with Crippen molar-refractivity contribution in [2.75, 3.05) is 5.32 Å². The minimum absolute atomic E-state index is 0.0700. The molecule has 1 aromatic heterocycles. The number of hydrogen-bond acceptors (Lipinski definition) is 3. The van der Waals surface area contributed by atoms with Crippen LogP contribution in [-0.4, -0.2) is 16.7 Å². The summed E-state index contributed by atoms with van der Waals surface area (Å²) < 4.78 is 0. The molecule has 1 amide bonds. The molecular formula is C11H14N2O2. The predicted octanol–water partition coefficient (Wildman–Crippen LogP) is 1.88. The molecule has 0 spiro atoms. The number of aromatic nitrogens is 1. The Balaban J connectivity index is 3.06. The van der Waals surface area contributed by atoms with Crippen molar-refractivity contribution in [3.8, 4) is 0 Å². The van der Waals surface area contributed by atoms with E-state index in [1.165, 1.54) is 6.92 Å². The summed E-state index contributed by atoms with van der Waals surface area (Å²) >= 11 is 0. The second kappa shape index (κ2) is 4.68. The maximum Gasteiger partial charge on any atom is 0.221 e. The molecule has 0 aliphatic carbocycles. The largest absolute Gasteiger partial charge is 0.324 e.